The van der Waals surface area contributed by atoms with Crippen LogP contribution in [0, 0.1) is 0 Å². The van der Waals surface area contributed by atoms with E-state index in [2.05, 4.69) is 4.99 Å². The van der Waals surface area contributed by atoms with E-state index in [9.17, 15) is 13.2 Å². The molecule has 0 bridgehead atoms. The van der Waals surface area contributed by atoms with Gasteiger partial charge in [0.1, 0.15) is 5.78 Å². The van der Waals surface area contributed by atoms with E-state index in [0.717, 1.165) is 18.6 Å². The molecule has 0 aliphatic heterocycles. The highest BCUT2D eigenvalue weighted by atomic mass is 32.2. The Balaban J connectivity index is 2.28. The molecule has 1 rings (SSSR count). The number of hydrogen-bond donors (Lipinski definition) is 1. The smallest absolute Gasteiger partial charge is 0.264 e. The molecule has 0 spiro atoms. The molecular formula is C9H15NO4S. The summed E-state index contributed by atoms with van der Waals surface area (Å²) in [6.45, 7) is 0.363. The number of rotatable bonds is 4. The molecule has 5 nitrogen and oxygen atoms in total. The number of carbonyl (C=O) groups is 1. The summed E-state index contributed by atoms with van der Waals surface area (Å²) >= 11 is 0. The minimum absolute atomic E-state index is 0.203. The summed E-state index contributed by atoms with van der Waals surface area (Å²) in [5.41, 5.74) is 0.863. The molecule has 1 aliphatic carbocycles. The molecule has 0 radical (unpaired) electrons. The predicted octanol–water partition coefficient (Wildman–Crippen LogP) is 0.848. The van der Waals surface area contributed by atoms with Crippen molar-refractivity contribution in [3.8, 4) is 0 Å². The van der Waals surface area contributed by atoms with Gasteiger partial charge in [-0.05, 0) is 19.3 Å². The first-order chi connectivity index (χ1) is 6.97. The highest BCUT2D eigenvalue weighted by Crippen LogP contribution is 2.11. The number of ketones is 1. The average molecular weight is 233 g/mol. The molecule has 0 heterocycles. The zero-order valence-electron chi connectivity index (χ0n) is 8.48. The summed E-state index contributed by atoms with van der Waals surface area (Å²) in [5, 5.41) is 0. The summed E-state index contributed by atoms with van der Waals surface area (Å²) in [6, 6.07) is 0. The Bertz CT molecular complexity index is 358. The Kier molecular flexibility index (Phi) is 4.41. The van der Waals surface area contributed by atoms with Crippen molar-refractivity contribution in [1.82, 2.24) is 0 Å². The van der Waals surface area contributed by atoms with Crippen LogP contribution in [0.25, 0.3) is 0 Å². The van der Waals surface area contributed by atoms with Gasteiger partial charge in [0.05, 0.1) is 5.75 Å². The first-order valence-corrected chi connectivity index (χ1v) is 6.57. The highest BCUT2D eigenvalue weighted by Gasteiger charge is 2.13. The third-order valence-electron chi connectivity index (χ3n) is 2.22. The van der Waals surface area contributed by atoms with Gasteiger partial charge in [-0.25, -0.2) is 0 Å². The second kappa shape index (κ2) is 5.37. The lowest BCUT2D eigenvalue weighted by atomic mass is 9.97. The Morgan fingerprint density at radius 1 is 1.33 bits per heavy atom. The van der Waals surface area contributed by atoms with Crippen LogP contribution in [-0.4, -0.2) is 36.8 Å². The van der Waals surface area contributed by atoms with E-state index >= 15 is 0 Å². The van der Waals surface area contributed by atoms with Gasteiger partial charge < -0.3 is 0 Å². The van der Waals surface area contributed by atoms with Crippen molar-refractivity contribution in [1.29, 1.82) is 0 Å². The summed E-state index contributed by atoms with van der Waals surface area (Å²) in [4.78, 5) is 15.2. The van der Waals surface area contributed by atoms with Crippen LogP contribution in [0.15, 0.2) is 4.99 Å². The molecule has 1 N–H and O–H groups in total. The molecule has 0 amide bonds. The van der Waals surface area contributed by atoms with Crippen LogP contribution in [0.5, 0.6) is 0 Å². The zero-order chi connectivity index (χ0) is 11.3. The van der Waals surface area contributed by atoms with Gasteiger partial charge >= 0.3 is 0 Å². The molecule has 0 aromatic carbocycles. The van der Waals surface area contributed by atoms with Gasteiger partial charge in [0.2, 0.25) is 0 Å². The molecule has 0 aromatic rings. The van der Waals surface area contributed by atoms with E-state index in [4.69, 9.17) is 4.55 Å². The normalized spacial score (nSPS) is 20.9. The SMILES string of the molecule is O=C1CCCC(=NCCCS(=O)(=O)O)C1. The maximum Gasteiger partial charge on any atom is 0.264 e. The van der Waals surface area contributed by atoms with E-state index in [1.54, 1.807) is 0 Å². The molecular weight excluding hydrogens is 218 g/mol. The second-order valence-electron chi connectivity index (χ2n) is 3.66. The second-order valence-corrected chi connectivity index (χ2v) is 5.23. The Morgan fingerprint density at radius 3 is 2.67 bits per heavy atom. The third-order valence-corrected chi connectivity index (χ3v) is 3.02. The molecule has 1 fully saturated rings. The summed E-state index contributed by atoms with van der Waals surface area (Å²) < 4.78 is 29.2. The van der Waals surface area contributed by atoms with E-state index in [1.807, 2.05) is 0 Å². The Labute approximate surface area is 89.3 Å². The van der Waals surface area contributed by atoms with Crippen molar-refractivity contribution in [3.63, 3.8) is 0 Å². The lowest BCUT2D eigenvalue weighted by Gasteiger charge is -2.11. The lowest BCUT2D eigenvalue weighted by molar-refractivity contribution is -0.118. The summed E-state index contributed by atoms with van der Waals surface area (Å²) in [7, 11) is -3.87. The van der Waals surface area contributed by atoms with Crippen molar-refractivity contribution < 1.29 is 17.8 Å². The van der Waals surface area contributed by atoms with Crippen LogP contribution in [-0.2, 0) is 14.9 Å². The molecule has 1 aliphatic rings. The summed E-state index contributed by atoms with van der Waals surface area (Å²) in [5.74, 6) is -0.0626. The Morgan fingerprint density at radius 2 is 2.07 bits per heavy atom. The lowest BCUT2D eigenvalue weighted by Crippen LogP contribution is -2.15. The van der Waals surface area contributed by atoms with Crippen LogP contribution in [0.2, 0.25) is 0 Å². The number of nitrogens with zero attached hydrogens (tertiary/aromatic N) is 1. The monoisotopic (exact) mass is 233 g/mol. The maximum atomic E-state index is 11.0. The Hall–Kier alpha value is -0.750. The highest BCUT2D eigenvalue weighted by molar-refractivity contribution is 7.85. The standard InChI is InChI=1S/C9H15NO4S/c11-9-4-1-3-8(7-9)10-5-2-6-15(12,13)14/h1-7H2,(H,12,13,14). The molecule has 6 heteroatoms. The van der Waals surface area contributed by atoms with Gasteiger partial charge in [0.25, 0.3) is 10.1 Å². The first-order valence-electron chi connectivity index (χ1n) is 4.96. The topological polar surface area (TPSA) is 83.8 Å². The molecule has 0 saturated heterocycles. The van der Waals surface area contributed by atoms with Crippen molar-refractivity contribution >= 4 is 21.6 Å². The predicted molar refractivity (Wildman–Crippen MR) is 56.8 cm³/mol. The van der Waals surface area contributed by atoms with Crippen molar-refractivity contribution in [2.75, 3.05) is 12.3 Å². The number of aliphatic imine (C=N–C) groups is 1. The van der Waals surface area contributed by atoms with Gasteiger partial charge in [0, 0.05) is 25.1 Å². The first kappa shape index (κ1) is 12.3. The minimum atomic E-state index is -3.87. The van der Waals surface area contributed by atoms with Crippen molar-refractivity contribution in [2.24, 2.45) is 4.99 Å². The van der Waals surface area contributed by atoms with E-state index in [-0.39, 0.29) is 11.5 Å². The molecule has 1 saturated carbocycles. The fourth-order valence-corrected chi connectivity index (χ4v) is 2.01. The van der Waals surface area contributed by atoms with Gasteiger partial charge in [-0.15, -0.1) is 0 Å². The van der Waals surface area contributed by atoms with Crippen LogP contribution < -0.4 is 0 Å². The summed E-state index contributed by atoms with van der Waals surface area (Å²) in [6.07, 6.45) is 3.01. The fourth-order valence-electron chi connectivity index (χ4n) is 1.51. The molecule has 0 aromatic heterocycles. The molecule has 0 unspecified atom stereocenters. The largest absolute Gasteiger partial charge is 0.299 e. The van der Waals surface area contributed by atoms with E-state index < -0.39 is 10.1 Å². The average Bonchev–Trinajstić information content (AvgIpc) is 2.11. The number of Topliss-reactive ketones (excluding diaryl/α,β-unsaturated/α-hetero) is 1. The minimum Gasteiger partial charge on any atom is -0.299 e. The van der Waals surface area contributed by atoms with E-state index in [0.29, 0.717) is 25.8 Å². The van der Waals surface area contributed by atoms with Gasteiger partial charge in [-0.1, -0.05) is 0 Å². The fraction of sp³-hybridized carbons (Fsp3) is 0.778. The van der Waals surface area contributed by atoms with Gasteiger partial charge in [0.15, 0.2) is 0 Å². The molecule has 86 valence electrons. The van der Waals surface area contributed by atoms with Gasteiger partial charge in [-0.2, -0.15) is 8.42 Å². The third kappa shape index (κ3) is 5.64. The van der Waals surface area contributed by atoms with Crippen molar-refractivity contribution in [2.45, 2.75) is 32.1 Å². The maximum absolute atomic E-state index is 11.0. The van der Waals surface area contributed by atoms with Crippen LogP contribution in [0.4, 0.5) is 0 Å². The number of hydrogen-bond acceptors (Lipinski definition) is 4. The van der Waals surface area contributed by atoms with Crippen LogP contribution >= 0.6 is 0 Å². The van der Waals surface area contributed by atoms with E-state index in [1.165, 1.54) is 0 Å². The quantitative estimate of drug-likeness (QED) is 0.576. The van der Waals surface area contributed by atoms with Crippen LogP contribution in [0.3, 0.4) is 0 Å². The van der Waals surface area contributed by atoms with Crippen molar-refractivity contribution in [3.05, 3.63) is 0 Å². The molecule has 0 atom stereocenters. The molecule has 15 heavy (non-hydrogen) atoms. The zero-order valence-corrected chi connectivity index (χ0v) is 9.29. The van der Waals surface area contributed by atoms with Crippen LogP contribution in [0.1, 0.15) is 32.1 Å². The number of carbonyl (C=O) groups excluding carboxylic acids is 1. The van der Waals surface area contributed by atoms with Gasteiger partial charge in [-0.3, -0.25) is 14.3 Å².